The lowest BCUT2D eigenvalue weighted by molar-refractivity contribution is -0.384. The Kier molecular flexibility index (Phi) is 7.73. The van der Waals surface area contributed by atoms with E-state index in [9.17, 15) is 14.9 Å². The van der Waals surface area contributed by atoms with Gasteiger partial charge in [0.15, 0.2) is 0 Å². The first kappa shape index (κ1) is 22.4. The number of thioether (sulfide) groups is 1. The highest BCUT2D eigenvalue weighted by atomic mass is 32.2. The minimum atomic E-state index is -0.465. The summed E-state index contributed by atoms with van der Waals surface area (Å²) >= 11 is 1.64. The molecule has 2 aromatic carbocycles. The second-order valence-corrected chi connectivity index (χ2v) is 8.19. The molecule has 1 aliphatic rings. The zero-order chi connectivity index (χ0) is 22.2. The Balaban J connectivity index is 1.57. The molecule has 0 aromatic heterocycles. The van der Waals surface area contributed by atoms with Gasteiger partial charge in [0.1, 0.15) is 12.4 Å². The lowest BCUT2D eigenvalue weighted by Crippen LogP contribution is -2.34. The Morgan fingerprint density at radius 3 is 2.71 bits per heavy atom. The zero-order valence-corrected chi connectivity index (χ0v) is 18.0. The highest BCUT2D eigenvalue weighted by molar-refractivity contribution is 7.99. The molecule has 1 unspecified atom stereocenters. The van der Waals surface area contributed by atoms with Gasteiger partial charge in [0.05, 0.1) is 29.9 Å². The van der Waals surface area contributed by atoms with Crippen LogP contribution in [0.2, 0.25) is 0 Å². The first-order valence-corrected chi connectivity index (χ1v) is 10.9. The maximum absolute atomic E-state index is 12.6. The van der Waals surface area contributed by atoms with Gasteiger partial charge in [0.25, 0.3) is 5.69 Å². The molecule has 1 atom stereocenters. The number of methoxy groups -OCH3 is 1. The Morgan fingerprint density at radius 2 is 2.03 bits per heavy atom. The van der Waals surface area contributed by atoms with Gasteiger partial charge < -0.3 is 9.47 Å². The summed E-state index contributed by atoms with van der Waals surface area (Å²) in [5, 5.41) is 19.7. The van der Waals surface area contributed by atoms with E-state index < -0.39 is 11.0 Å². The second-order valence-electron chi connectivity index (χ2n) is 7.02. The first-order valence-electron chi connectivity index (χ1n) is 9.83. The van der Waals surface area contributed by atoms with E-state index in [0.717, 1.165) is 29.7 Å². The van der Waals surface area contributed by atoms with Crippen molar-refractivity contribution in [2.45, 2.75) is 37.0 Å². The fourth-order valence-corrected chi connectivity index (χ4v) is 4.79. The van der Waals surface area contributed by atoms with Gasteiger partial charge in [-0.1, -0.05) is 18.2 Å². The molecule has 0 spiro atoms. The first-order chi connectivity index (χ1) is 15.0. The van der Waals surface area contributed by atoms with Crippen molar-refractivity contribution < 1.29 is 19.2 Å². The van der Waals surface area contributed by atoms with Crippen molar-refractivity contribution in [1.29, 1.82) is 5.26 Å². The molecular weight excluding hydrogens is 418 g/mol. The molecule has 31 heavy (non-hydrogen) atoms. The molecule has 3 rings (SSSR count). The lowest BCUT2D eigenvalue weighted by atomic mass is 10.1. The minimum absolute atomic E-state index is 0.000325. The van der Waals surface area contributed by atoms with Crippen LogP contribution in [0.5, 0.6) is 5.75 Å². The SMILES string of the molecule is COc1c(CC#N)cccc1CSC1CCCN1C(=O)OCc1ccc([N+](=O)[O-])cc1. The van der Waals surface area contributed by atoms with Crippen LogP contribution in [0.25, 0.3) is 0 Å². The number of para-hydroxylation sites is 1. The number of nitriles is 1. The number of carbonyl (C=O) groups is 1. The zero-order valence-electron chi connectivity index (χ0n) is 17.2. The quantitative estimate of drug-likeness (QED) is 0.433. The predicted octanol–water partition coefficient (Wildman–Crippen LogP) is 4.66. The molecule has 162 valence electrons. The van der Waals surface area contributed by atoms with Crippen molar-refractivity contribution in [3.8, 4) is 11.8 Å². The smallest absolute Gasteiger partial charge is 0.411 e. The number of amides is 1. The Hall–Kier alpha value is -3.25. The Morgan fingerprint density at radius 1 is 1.29 bits per heavy atom. The molecule has 1 saturated heterocycles. The molecular formula is C22H23N3O5S. The van der Waals surface area contributed by atoms with Crippen LogP contribution in [0.15, 0.2) is 42.5 Å². The van der Waals surface area contributed by atoms with E-state index in [1.54, 1.807) is 35.9 Å². The number of hydrogen-bond acceptors (Lipinski definition) is 7. The number of ether oxygens (including phenoxy) is 2. The minimum Gasteiger partial charge on any atom is -0.496 e. The van der Waals surface area contributed by atoms with Crippen LogP contribution in [-0.2, 0) is 23.5 Å². The topological polar surface area (TPSA) is 106 Å². The number of likely N-dealkylation sites (tertiary alicyclic amines) is 1. The van der Waals surface area contributed by atoms with Crippen LogP contribution >= 0.6 is 11.8 Å². The third-order valence-corrected chi connectivity index (χ3v) is 6.38. The van der Waals surface area contributed by atoms with Crippen LogP contribution in [0.3, 0.4) is 0 Å². The van der Waals surface area contributed by atoms with Gasteiger partial charge in [-0.25, -0.2) is 4.79 Å². The number of carbonyl (C=O) groups excluding carboxylic acids is 1. The Labute approximate surface area is 184 Å². The van der Waals surface area contributed by atoms with Crippen molar-refractivity contribution in [3.05, 3.63) is 69.3 Å². The third-order valence-electron chi connectivity index (χ3n) is 5.02. The van der Waals surface area contributed by atoms with Gasteiger partial charge in [-0.15, -0.1) is 11.8 Å². The molecule has 0 N–H and O–H groups in total. The molecule has 1 amide bonds. The lowest BCUT2D eigenvalue weighted by Gasteiger charge is -2.24. The third kappa shape index (κ3) is 5.67. The van der Waals surface area contributed by atoms with E-state index in [-0.39, 0.29) is 24.1 Å². The number of benzene rings is 2. The molecule has 1 aliphatic heterocycles. The summed E-state index contributed by atoms with van der Waals surface area (Å²) in [5.74, 6) is 1.38. The number of non-ortho nitro benzene ring substituents is 1. The van der Waals surface area contributed by atoms with Crippen molar-refractivity contribution in [2.75, 3.05) is 13.7 Å². The monoisotopic (exact) mass is 441 g/mol. The summed E-state index contributed by atoms with van der Waals surface area (Å²) in [7, 11) is 1.60. The summed E-state index contributed by atoms with van der Waals surface area (Å²) in [4.78, 5) is 24.6. The van der Waals surface area contributed by atoms with Crippen molar-refractivity contribution in [3.63, 3.8) is 0 Å². The molecule has 8 nitrogen and oxygen atoms in total. The number of nitro groups is 1. The fraction of sp³-hybridized carbons (Fsp3) is 0.364. The summed E-state index contributed by atoms with van der Waals surface area (Å²) < 4.78 is 11.0. The van der Waals surface area contributed by atoms with Gasteiger partial charge in [-0.2, -0.15) is 5.26 Å². The molecule has 0 bridgehead atoms. The van der Waals surface area contributed by atoms with Gasteiger partial charge in [-0.3, -0.25) is 15.0 Å². The van der Waals surface area contributed by atoms with Crippen molar-refractivity contribution in [1.82, 2.24) is 4.90 Å². The predicted molar refractivity (Wildman–Crippen MR) is 117 cm³/mol. The van der Waals surface area contributed by atoms with E-state index in [0.29, 0.717) is 17.9 Å². The second kappa shape index (κ2) is 10.7. The van der Waals surface area contributed by atoms with Gasteiger partial charge in [-0.05, 0) is 30.5 Å². The van der Waals surface area contributed by atoms with E-state index in [1.165, 1.54) is 12.1 Å². The number of nitro benzene ring substituents is 1. The van der Waals surface area contributed by atoms with Gasteiger partial charge in [0.2, 0.25) is 0 Å². The maximum Gasteiger partial charge on any atom is 0.411 e. The molecule has 9 heteroatoms. The largest absolute Gasteiger partial charge is 0.496 e. The highest BCUT2D eigenvalue weighted by Gasteiger charge is 2.30. The van der Waals surface area contributed by atoms with Gasteiger partial charge in [0, 0.05) is 35.6 Å². The molecule has 0 radical (unpaired) electrons. The molecule has 2 aromatic rings. The number of hydrogen-bond donors (Lipinski definition) is 0. The van der Waals surface area contributed by atoms with E-state index in [4.69, 9.17) is 14.7 Å². The van der Waals surface area contributed by atoms with E-state index in [2.05, 4.69) is 6.07 Å². The van der Waals surface area contributed by atoms with Crippen LogP contribution in [0, 0.1) is 21.4 Å². The highest BCUT2D eigenvalue weighted by Crippen LogP contribution is 2.34. The molecule has 1 heterocycles. The normalized spacial score (nSPS) is 15.4. The molecule has 1 fully saturated rings. The number of nitrogens with zero attached hydrogens (tertiary/aromatic N) is 3. The average Bonchev–Trinajstić information content (AvgIpc) is 3.25. The average molecular weight is 442 g/mol. The van der Waals surface area contributed by atoms with Gasteiger partial charge >= 0.3 is 6.09 Å². The van der Waals surface area contributed by atoms with Crippen LogP contribution < -0.4 is 4.74 Å². The summed E-state index contributed by atoms with van der Waals surface area (Å²) in [5.41, 5.74) is 2.54. The van der Waals surface area contributed by atoms with E-state index in [1.807, 2.05) is 18.2 Å². The van der Waals surface area contributed by atoms with Crippen molar-refractivity contribution in [2.24, 2.45) is 0 Å². The van der Waals surface area contributed by atoms with Crippen LogP contribution in [0.4, 0.5) is 10.5 Å². The standard InChI is InChI=1S/C22H23N3O5S/c1-29-21-17(11-12-23)4-2-5-18(21)15-31-20-6-3-13-24(20)22(26)30-14-16-7-9-19(10-8-16)25(27)28/h2,4-5,7-10,20H,3,6,11,13-15H2,1H3. The summed E-state index contributed by atoms with van der Waals surface area (Å²) in [6.07, 6.45) is 1.66. The Bertz CT molecular complexity index is 974. The summed E-state index contributed by atoms with van der Waals surface area (Å²) in [6.45, 7) is 0.692. The van der Waals surface area contributed by atoms with Crippen LogP contribution in [-0.4, -0.2) is 34.9 Å². The van der Waals surface area contributed by atoms with Crippen LogP contribution in [0.1, 0.15) is 29.5 Å². The molecule has 0 saturated carbocycles. The summed E-state index contributed by atoms with van der Waals surface area (Å²) in [6, 6.07) is 13.9. The van der Waals surface area contributed by atoms with Crippen molar-refractivity contribution >= 4 is 23.5 Å². The van der Waals surface area contributed by atoms with E-state index >= 15 is 0 Å². The fourth-order valence-electron chi connectivity index (χ4n) is 3.48. The number of rotatable bonds is 8. The molecule has 0 aliphatic carbocycles. The maximum atomic E-state index is 12.6.